The van der Waals surface area contributed by atoms with Gasteiger partial charge in [0.05, 0.1) is 19.3 Å². The van der Waals surface area contributed by atoms with E-state index in [1.165, 1.54) is 22.5 Å². The molecular weight excluding hydrogens is 298 g/mol. The highest BCUT2D eigenvalue weighted by molar-refractivity contribution is 7.99. The minimum absolute atomic E-state index is 0.0539. The van der Waals surface area contributed by atoms with Crippen molar-refractivity contribution in [1.82, 2.24) is 14.9 Å². The molecule has 0 spiro atoms. The predicted octanol–water partition coefficient (Wildman–Crippen LogP) is -0.822. The highest BCUT2D eigenvalue weighted by Gasteiger charge is 2.35. The number of thioether (sulfide) groups is 1. The Labute approximate surface area is 123 Å². The molecule has 2 atom stereocenters. The summed E-state index contributed by atoms with van der Waals surface area (Å²) in [6.07, 6.45) is 1.24. The molecule has 0 bridgehead atoms. The summed E-state index contributed by atoms with van der Waals surface area (Å²) in [4.78, 5) is 39.5. The summed E-state index contributed by atoms with van der Waals surface area (Å²) in [6.45, 7) is 0.702. The lowest BCUT2D eigenvalue weighted by atomic mass is 10.0. The SMILES string of the molecule is O=C(NC1COCC1C(=O)O)c1cnc2n(c1=O)CCS2. The zero-order chi connectivity index (χ0) is 15.0. The number of ether oxygens (including phenoxy) is 1. The highest BCUT2D eigenvalue weighted by atomic mass is 32.2. The number of aliphatic carboxylic acids is 1. The lowest BCUT2D eigenvalue weighted by molar-refractivity contribution is -0.142. The van der Waals surface area contributed by atoms with Gasteiger partial charge in [0.15, 0.2) is 5.16 Å². The van der Waals surface area contributed by atoms with Gasteiger partial charge in [-0.05, 0) is 0 Å². The van der Waals surface area contributed by atoms with Gasteiger partial charge in [-0.25, -0.2) is 4.98 Å². The molecule has 2 unspecified atom stereocenters. The van der Waals surface area contributed by atoms with Crippen LogP contribution in [0.5, 0.6) is 0 Å². The number of carbonyl (C=O) groups excluding carboxylic acids is 1. The van der Waals surface area contributed by atoms with Gasteiger partial charge in [0.2, 0.25) is 0 Å². The van der Waals surface area contributed by atoms with Crippen molar-refractivity contribution in [3.63, 3.8) is 0 Å². The van der Waals surface area contributed by atoms with Crippen LogP contribution in [0, 0.1) is 5.92 Å². The van der Waals surface area contributed by atoms with E-state index in [1.54, 1.807) is 0 Å². The van der Waals surface area contributed by atoms with Crippen LogP contribution in [0.3, 0.4) is 0 Å². The molecule has 21 heavy (non-hydrogen) atoms. The fraction of sp³-hybridized carbons (Fsp3) is 0.500. The standard InChI is InChI=1S/C12H13N3O5S/c16-9(14-8-5-20-4-7(8)11(18)19)6-3-13-12-15(10(6)17)1-2-21-12/h3,7-8H,1-2,4-5H2,(H,14,16)(H,18,19). The summed E-state index contributed by atoms with van der Waals surface area (Å²) in [5.74, 6) is -1.68. The molecule has 0 radical (unpaired) electrons. The lowest BCUT2D eigenvalue weighted by Crippen LogP contribution is -2.44. The van der Waals surface area contributed by atoms with Crippen LogP contribution < -0.4 is 10.9 Å². The number of rotatable bonds is 3. The van der Waals surface area contributed by atoms with Crippen LogP contribution in [0.4, 0.5) is 0 Å². The van der Waals surface area contributed by atoms with Crippen molar-refractivity contribution in [2.75, 3.05) is 19.0 Å². The molecule has 9 heteroatoms. The first-order valence-corrected chi connectivity index (χ1v) is 7.40. The van der Waals surface area contributed by atoms with Gasteiger partial charge in [-0.1, -0.05) is 11.8 Å². The van der Waals surface area contributed by atoms with Gasteiger partial charge in [0.25, 0.3) is 11.5 Å². The van der Waals surface area contributed by atoms with Crippen LogP contribution in [0.25, 0.3) is 0 Å². The number of carbonyl (C=O) groups is 2. The molecule has 112 valence electrons. The van der Waals surface area contributed by atoms with E-state index in [0.717, 1.165) is 5.75 Å². The maximum atomic E-state index is 12.2. The molecule has 1 aromatic rings. The molecule has 1 amide bonds. The zero-order valence-corrected chi connectivity index (χ0v) is 11.8. The normalized spacial score (nSPS) is 23.8. The number of fused-ring (bicyclic) bond motifs is 1. The quantitative estimate of drug-likeness (QED) is 0.702. The maximum Gasteiger partial charge on any atom is 0.311 e. The summed E-state index contributed by atoms with van der Waals surface area (Å²) < 4.78 is 6.53. The van der Waals surface area contributed by atoms with E-state index in [4.69, 9.17) is 9.84 Å². The number of hydrogen-bond donors (Lipinski definition) is 2. The van der Waals surface area contributed by atoms with Crippen molar-refractivity contribution in [2.24, 2.45) is 5.92 Å². The molecule has 2 aliphatic rings. The number of amides is 1. The molecule has 1 saturated heterocycles. The Kier molecular flexibility index (Phi) is 3.68. The molecular formula is C12H13N3O5S. The van der Waals surface area contributed by atoms with Crippen LogP contribution >= 0.6 is 11.8 Å². The Morgan fingerprint density at radius 2 is 2.29 bits per heavy atom. The van der Waals surface area contributed by atoms with Gasteiger partial charge in [0, 0.05) is 18.5 Å². The smallest absolute Gasteiger partial charge is 0.311 e. The van der Waals surface area contributed by atoms with Gasteiger partial charge in [0.1, 0.15) is 11.5 Å². The summed E-state index contributed by atoms with van der Waals surface area (Å²) in [7, 11) is 0. The number of carboxylic acid groups (broad SMARTS) is 1. The topological polar surface area (TPSA) is 111 Å². The lowest BCUT2D eigenvalue weighted by Gasteiger charge is -2.15. The van der Waals surface area contributed by atoms with E-state index in [0.29, 0.717) is 11.7 Å². The Balaban J connectivity index is 1.80. The van der Waals surface area contributed by atoms with E-state index < -0.39 is 29.4 Å². The average Bonchev–Trinajstić information content (AvgIpc) is 3.07. The fourth-order valence-corrected chi connectivity index (χ4v) is 3.27. The van der Waals surface area contributed by atoms with Crippen molar-refractivity contribution in [2.45, 2.75) is 17.7 Å². The number of nitrogens with one attached hydrogen (secondary N) is 1. The Hall–Kier alpha value is -1.87. The number of carboxylic acids is 1. The molecule has 1 aromatic heterocycles. The average molecular weight is 311 g/mol. The second-order valence-electron chi connectivity index (χ2n) is 4.82. The molecule has 0 saturated carbocycles. The summed E-state index contributed by atoms with van der Waals surface area (Å²) in [5.41, 5.74) is -0.467. The van der Waals surface area contributed by atoms with Crippen LogP contribution in [-0.2, 0) is 16.1 Å². The maximum absolute atomic E-state index is 12.2. The first-order chi connectivity index (χ1) is 10.1. The number of hydrogen-bond acceptors (Lipinski definition) is 6. The number of aromatic nitrogens is 2. The largest absolute Gasteiger partial charge is 0.481 e. The third-order valence-corrected chi connectivity index (χ3v) is 4.49. The van der Waals surface area contributed by atoms with Gasteiger partial charge < -0.3 is 15.2 Å². The first-order valence-electron chi connectivity index (χ1n) is 6.42. The van der Waals surface area contributed by atoms with Crippen molar-refractivity contribution in [1.29, 1.82) is 0 Å². The van der Waals surface area contributed by atoms with Crippen molar-refractivity contribution >= 4 is 23.6 Å². The summed E-state index contributed by atoms with van der Waals surface area (Å²) in [6, 6.07) is -0.637. The molecule has 2 N–H and O–H groups in total. The highest BCUT2D eigenvalue weighted by Crippen LogP contribution is 2.20. The minimum atomic E-state index is -1.03. The van der Waals surface area contributed by atoms with Crippen LogP contribution in [-0.4, -0.2) is 51.5 Å². The Morgan fingerprint density at radius 1 is 1.48 bits per heavy atom. The van der Waals surface area contributed by atoms with Gasteiger partial charge in [-0.15, -0.1) is 0 Å². The summed E-state index contributed by atoms with van der Waals surface area (Å²) >= 11 is 1.46. The van der Waals surface area contributed by atoms with E-state index in [2.05, 4.69) is 10.3 Å². The Morgan fingerprint density at radius 3 is 3.05 bits per heavy atom. The molecule has 0 aliphatic carbocycles. The minimum Gasteiger partial charge on any atom is -0.481 e. The first kappa shape index (κ1) is 14.1. The van der Waals surface area contributed by atoms with E-state index in [9.17, 15) is 14.4 Å². The van der Waals surface area contributed by atoms with E-state index in [-0.39, 0.29) is 18.8 Å². The van der Waals surface area contributed by atoms with Crippen LogP contribution in [0.2, 0.25) is 0 Å². The second kappa shape index (κ2) is 5.49. The monoisotopic (exact) mass is 311 g/mol. The third-order valence-electron chi connectivity index (χ3n) is 3.52. The van der Waals surface area contributed by atoms with Gasteiger partial charge in [-0.2, -0.15) is 0 Å². The van der Waals surface area contributed by atoms with Crippen molar-refractivity contribution in [3.8, 4) is 0 Å². The summed E-state index contributed by atoms with van der Waals surface area (Å²) in [5, 5.41) is 12.2. The Bertz CT molecular complexity index is 659. The van der Waals surface area contributed by atoms with E-state index in [1.807, 2.05) is 0 Å². The molecule has 1 fully saturated rings. The van der Waals surface area contributed by atoms with Crippen LogP contribution in [0.1, 0.15) is 10.4 Å². The zero-order valence-electron chi connectivity index (χ0n) is 10.9. The predicted molar refractivity (Wildman–Crippen MR) is 72.4 cm³/mol. The molecule has 3 rings (SSSR count). The molecule has 8 nitrogen and oxygen atoms in total. The number of nitrogens with zero attached hydrogens (tertiary/aromatic N) is 2. The van der Waals surface area contributed by atoms with E-state index >= 15 is 0 Å². The van der Waals surface area contributed by atoms with Gasteiger partial charge in [-0.3, -0.25) is 19.0 Å². The van der Waals surface area contributed by atoms with Crippen LogP contribution in [0.15, 0.2) is 16.1 Å². The molecule has 3 heterocycles. The molecule has 0 aromatic carbocycles. The van der Waals surface area contributed by atoms with Crippen molar-refractivity contribution in [3.05, 3.63) is 22.1 Å². The fourth-order valence-electron chi connectivity index (χ4n) is 2.36. The third kappa shape index (κ3) is 2.54. The molecule has 2 aliphatic heterocycles. The van der Waals surface area contributed by atoms with Crippen molar-refractivity contribution < 1.29 is 19.4 Å². The second-order valence-corrected chi connectivity index (χ2v) is 5.88. The van der Waals surface area contributed by atoms with Gasteiger partial charge >= 0.3 is 5.97 Å².